The molecule has 0 aromatic heterocycles. The third-order valence-electron chi connectivity index (χ3n) is 20.7. The van der Waals surface area contributed by atoms with E-state index in [4.69, 9.17) is 51.6 Å². The van der Waals surface area contributed by atoms with Crippen molar-refractivity contribution in [2.24, 2.45) is 40.4 Å². The van der Waals surface area contributed by atoms with Gasteiger partial charge in [0.25, 0.3) is 0 Å². The molecule has 0 amide bonds. The van der Waals surface area contributed by atoms with Gasteiger partial charge in [-0.05, 0) is 113 Å². The van der Waals surface area contributed by atoms with Gasteiger partial charge in [0.15, 0.2) is 31.5 Å². The third-order valence-corrected chi connectivity index (χ3v) is 21.2. The number of carbonyl (C=O) groups is 1. The number of allylic oxidation sites excluding steroid dienone is 2. The third kappa shape index (κ3) is 13.8. The molecule has 502 valence electrons. The molecule has 87 heavy (non-hydrogen) atoms. The van der Waals surface area contributed by atoms with Crippen LogP contribution in [-0.4, -0.2) is 275 Å². The van der Waals surface area contributed by atoms with E-state index in [1.807, 2.05) is 20.8 Å². The molecule has 5 saturated heterocycles. The number of ether oxygens (including phenoxy) is 10. The first-order valence-corrected chi connectivity index (χ1v) is 31.9. The van der Waals surface area contributed by atoms with Crippen LogP contribution in [-0.2, 0) is 66.7 Å². The van der Waals surface area contributed by atoms with Crippen molar-refractivity contribution in [3.05, 3.63) is 11.6 Å². The summed E-state index contributed by atoms with van der Waals surface area (Å²) in [6.45, 7) is 11.9. The zero-order valence-electron chi connectivity index (χ0n) is 50.2. The van der Waals surface area contributed by atoms with Crippen LogP contribution < -0.4 is 0 Å². The molecule has 4 aliphatic carbocycles. The standard InChI is InChI=1S/C57H94O29S/c1-21(2)15-25(60)18-57(8,72)34-10-9-28-27-17-31(30-16-26(86-87(73,74)75)11-13-55(30,6)29(27)12-14-56(28,34)7)79-53-48(42(68)38(64)32(19-58)80-53)85-54-49(84-51-44(70)40(66)36(62)23(4)77-51)45(71)46(33(20-59)81-54)82-52-47(41(67)37(63)24(5)78-52)83-50-43(69)39(65)35(61)22(3)76-50/h12,21-24,26-28,30-54,58-59,61-72H,9-11,13-20H2,1-8H3,(H,73,74,75)/t22?,23?,24?,26?,27?,28?,30?,31?,32?,33?,34-,35?,36?,37?,38?,39?,40?,41?,42?,43?,44?,45?,46?,47?,48?,49?,50?,51?,52?,53?,54?,55+,56-,57-/m0/s1. The van der Waals surface area contributed by atoms with Crippen LogP contribution in [0, 0.1) is 40.4 Å². The quantitative estimate of drug-likeness (QED) is 0.0445. The van der Waals surface area contributed by atoms with Crippen LogP contribution >= 0.6 is 0 Å². The Morgan fingerprint density at radius 2 is 1.09 bits per heavy atom. The maximum Gasteiger partial charge on any atom is 0.397 e. The van der Waals surface area contributed by atoms with E-state index in [-0.39, 0.29) is 55.1 Å². The molecule has 15 N–H and O–H groups in total. The number of rotatable bonds is 19. The summed E-state index contributed by atoms with van der Waals surface area (Å²) in [4.78, 5) is 13.3. The summed E-state index contributed by atoms with van der Waals surface area (Å²) in [6, 6.07) is 0. The van der Waals surface area contributed by atoms with Crippen LogP contribution in [0.25, 0.3) is 0 Å². The van der Waals surface area contributed by atoms with Crippen molar-refractivity contribution in [2.75, 3.05) is 13.2 Å². The Kier molecular flexibility index (Phi) is 21.6. The summed E-state index contributed by atoms with van der Waals surface area (Å²) in [6.07, 6.45) is -41.6. The zero-order valence-corrected chi connectivity index (χ0v) is 51.0. The Morgan fingerprint density at radius 1 is 0.609 bits per heavy atom. The fourth-order valence-electron chi connectivity index (χ4n) is 16.1. The molecule has 0 bridgehead atoms. The van der Waals surface area contributed by atoms with Gasteiger partial charge in [-0.2, -0.15) is 8.42 Å². The molecule has 0 aromatic rings. The Balaban J connectivity index is 1.05. The molecule has 34 atom stereocenters. The predicted molar refractivity (Wildman–Crippen MR) is 292 cm³/mol. The van der Waals surface area contributed by atoms with E-state index in [1.54, 1.807) is 6.92 Å². The van der Waals surface area contributed by atoms with Gasteiger partial charge in [0.2, 0.25) is 0 Å². The van der Waals surface area contributed by atoms with Crippen molar-refractivity contribution < 1.29 is 141 Å². The first-order valence-electron chi connectivity index (χ1n) is 30.5. The highest BCUT2D eigenvalue weighted by molar-refractivity contribution is 7.80. The molecule has 29 nitrogen and oxygen atoms in total. The molecule has 0 radical (unpaired) electrons. The second-order valence-corrected chi connectivity index (χ2v) is 28.2. The van der Waals surface area contributed by atoms with Crippen molar-refractivity contribution in [1.29, 1.82) is 0 Å². The van der Waals surface area contributed by atoms with Crippen molar-refractivity contribution in [1.82, 2.24) is 0 Å². The minimum Gasteiger partial charge on any atom is -0.394 e. The Bertz CT molecular complexity index is 2480. The second kappa shape index (κ2) is 27.0. The van der Waals surface area contributed by atoms with Gasteiger partial charge in [-0.3, -0.25) is 9.35 Å². The molecule has 30 heteroatoms. The Labute approximate surface area is 505 Å². The Hall–Kier alpha value is -1.68. The van der Waals surface area contributed by atoms with Gasteiger partial charge in [-0.25, -0.2) is 4.18 Å². The van der Waals surface area contributed by atoms with Crippen molar-refractivity contribution >= 4 is 16.2 Å². The van der Waals surface area contributed by atoms with Crippen LogP contribution in [0.5, 0.6) is 0 Å². The van der Waals surface area contributed by atoms with E-state index in [1.165, 1.54) is 20.8 Å². The van der Waals surface area contributed by atoms with Crippen LogP contribution in [0.4, 0.5) is 0 Å². The monoisotopic (exact) mass is 1270 g/mol. The van der Waals surface area contributed by atoms with Crippen molar-refractivity contribution in [2.45, 2.75) is 285 Å². The lowest BCUT2D eigenvalue weighted by atomic mass is 9.47. The molecule has 5 aliphatic heterocycles. The summed E-state index contributed by atoms with van der Waals surface area (Å²) in [5.41, 5.74) is -1.55. The fraction of sp³-hybridized carbons (Fsp3) is 0.947. The largest absolute Gasteiger partial charge is 0.397 e. The van der Waals surface area contributed by atoms with Crippen LogP contribution in [0.1, 0.15) is 113 Å². The van der Waals surface area contributed by atoms with Gasteiger partial charge in [0.1, 0.15) is 110 Å². The maximum atomic E-state index is 13.3. The van der Waals surface area contributed by atoms with Crippen molar-refractivity contribution in [3.8, 4) is 0 Å². The molecule has 0 aromatic carbocycles. The van der Waals surface area contributed by atoms with Crippen molar-refractivity contribution in [3.63, 3.8) is 0 Å². The number of aliphatic hydroxyl groups excluding tert-OH is 13. The molecule has 5 heterocycles. The summed E-state index contributed by atoms with van der Waals surface area (Å²) in [5, 5.41) is 157. The summed E-state index contributed by atoms with van der Waals surface area (Å²) < 4.78 is 102. The second-order valence-electron chi connectivity index (χ2n) is 27.1. The van der Waals surface area contributed by atoms with Gasteiger partial charge in [-0.15, -0.1) is 0 Å². The van der Waals surface area contributed by atoms with Gasteiger partial charge in [0, 0.05) is 12.8 Å². The molecular formula is C57H94O29S. The Morgan fingerprint density at radius 3 is 1.64 bits per heavy atom. The lowest BCUT2D eigenvalue weighted by Crippen LogP contribution is -2.69. The first-order chi connectivity index (χ1) is 40.6. The molecule has 8 fully saturated rings. The molecule has 9 aliphatic rings. The molecule has 3 saturated carbocycles. The average Bonchev–Trinajstić information content (AvgIpc) is 1.71. The van der Waals surface area contributed by atoms with E-state index in [0.29, 0.717) is 32.1 Å². The van der Waals surface area contributed by atoms with E-state index in [9.17, 15) is 89.3 Å². The number of aliphatic hydroxyl groups is 14. The highest BCUT2D eigenvalue weighted by Gasteiger charge is 2.64. The minimum absolute atomic E-state index is 0.00896. The highest BCUT2D eigenvalue weighted by atomic mass is 32.3. The number of hydrogen-bond donors (Lipinski definition) is 15. The molecule has 0 spiro atoms. The molecular weight excluding hydrogens is 1180 g/mol. The molecule has 9 rings (SSSR count). The molecule has 30 unspecified atom stereocenters. The van der Waals surface area contributed by atoms with Gasteiger partial charge in [-0.1, -0.05) is 39.3 Å². The number of ketones is 1. The van der Waals surface area contributed by atoms with E-state index in [0.717, 1.165) is 5.57 Å². The van der Waals surface area contributed by atoms with Crippen LogP contribution in [0.3, 0.4) is 0 Å². The summed E-state index contributed by atoms with van der Waals surface area (Å²) in [7, 11) is -4.95. The normalized spacial score (nSPS) is 51.2. The maximum absolute atomic E-state index is 13.3. The summed E-state index contributed by atoms with van der Waals surface area (Å²) >= 11 is 0. The predicted octanol–water partition coefficient (Wildman–Crippen LogP) is -3.32. The van der Waals surface area contributed by atoms with Gasteiger partial charge in [0.05, 0.1) is 49.3 Å². The zero-order chi connectivity index (χ0) is 63.9. The average molecular weight is 1280 g/mol. The van der Waals surface area contributed by atoms with Gasteiger partial charge < -0.3 is 119 Å². The fourth-order valence-corrected chi connectivity index (χ4v) is 16.6. The number of fused-ring (bicyclic) bond motifs is 5. The summed E-state index contributed by atoms with van der Waals surface area (Å²) in [5.74, 6) is -1.22. The topological polar surface area (TPSA) is 456 Å². The van der Waals surface area contributed by atoms with E-state index >= 15 is 0 Å². The van der Waals surface area contributed by atoms with Crippen LogP contribution in [0.15, 0.2) is 11.6 Å². The number of hydrogen-bond acceptors (Lipinski definition) is 28. The highest BCUT2D eigenvalue weighted by Crippen LogP contribution is 2.67. The van der Waals surface area contributed by atoms with E-state index in [2.05, 4.69) is 13.0 Å². The lowest BCUT2D eigenvalue weighted by Gasteiger charge is -2.60. The van der Waals surface area contributed by atoms with Gasteiger partial charge >= 0.3 is 10.4 Å². The lowest BCUT2D eigenvalue weighted by molar-refractivity contribution is -0.412. The minimum atomic E-state index is -4.95. The first kappa shape index (κ1) is 69.7. The number of carbonyl (C=O) groups excluding carboxylic acids is 1. The van der Waals surface area contributed by atoms with E-state index < -0.39 is 212 Å². The van der Waals surface area contributed by atoms with Crippen LogP contribution in [0.2, 0.25) is 0 Å². The smallest absolute Gasteiger partial charge is 0.394 e. The SMILES string of the molecule is CC(C)CC(=O)C[C@](C)(O)[C@H]1CCC2C3CC(OC4OC(CO)C(O)C(O)C4OC4OC(CO)C(OC5OC(C)C(O)C(O)C5OC5OC(C)C(O)C(O)C5O)C(O)C4OC4OC(C)C(O)C(O)C4O)C4CC(OS(=O)(=O)O)CC[C@]4(C)C3=CC[C@@]21C. The number of Topliss-reactive ketones (excluding diaryl/α,β-unsaturated/α-hetero) is 1.